The Balaban J connectivity index is 2.35. The molecular weight excluding hydrogens is 420 g/mol. The summed E-state index contributed by atoms with van der Waals surface area (Å²) in [5.41, 5.74) is 1.10. The molecule has 1 N–H and O–H groups in total. The third-order valence-electron chi connectivity index (χ3n) is 4.53. The smallest absolute Gasteiger partial charge is 0.268 e. The molecule has 0 heterocycles. The van der Waals surface area contributed by atoms with Crippen LogP contribution in [0.2, 0.25) is 0 Å². The van der Waals surface area contributed by atoms with E-state index in [4.69, 9.17) is 14.2 Å². The second-order valence-electron chi connectivity index (χ2n) is 6.76. The lowest BCUT2D eigenvalue weighted by molar-refractivity contribution is -0.119. The molecule has 31 heavy (non-hydrogen) atoms. The van der Waals surface area contributed by atoms with Gasteiger partial charge >= 0.3 is 0 Å². The van der Waals surface area contributed by atoms with E-state index < -0.39 is 15.9 Å². The molecule has 0 aromatic heterocycles. The van der Waals surface area contributed by atoms with Crippen molar-refractivity contribution in [2.24, 2.45) is 0 Å². The Hall–Kier alpha value is -2.78. The largest absolute Gasteiger partial charge is 0.497 e. The van der Waals surface area contributed by atoms with Crippen LogP contribution in [0.15, 0.2) is 47.4 Å². The average Bonchev–Trinajstić information content (AvgIpc) is 2.77. The zero-order valence-electron chi connectivity index (χ0n) is 18.4. The fourth-order valence-electron chi connectivity index (χ4n) is 2.90. The zero-order valence-corrected chi connectivity index (χ0v) is 19.2. The fourth-order valence-corrected chi connectivity index (χ4v) is 4.56. The number of carbonyl (C=O) groups excluding carboxylic acids is 1. The number of nitrogens with zero attached hydrogens (tertiary/aromatic N) is 1. The van der Waals surface area contributed by atoms with E-state index >= 15 is 0 Å². The Labute approximate surface area is 184 Å². The van der Waals surface area contributed by atoms with Gasteiger partial charge in [-0.25, -0.2) is 8.42 Å². The van der Waals surface area contributed by atoms with Gasteiger partial charge in [0, 0.05) is 19.8 Å². The molecule has 2 rings (SSSR count). The van der Waals surface area contributed by atoms with Gasteiger partial charge in [-0.1, -0.05) is 6.07 Å². The number of ether oxygens (including phenoxy) is 3. The number of methoxy groups -OCH3 is 2. The molecule has 0 saturated carbocycles. The number of sulfonamides is 1. The predicted octanol–water partition coefficient (Wildman–Crippen LogP) is 2.75. The standard InChI is InChI=1S/C22H30N2O6S/c1-5-30-14-6-13-23-22(25)16-24(18-8-10-19(28-3)11-9-18)31(26,27)21-15-17(2)7-12-20(21)29-4/h7-12,15H,5-6,13-14,16H2,1-4H3,(H,23,25). The number of rotatable bonds is 12. The predicted molar refractivity (Wildman–Crippen MR) is 119 cm³/mol. The first-order valence-corrected chi connectivity index (χ1v) is 11.4. The molecule has 0 radical (unpaired) electrons. The summed E-state index contributed by atoms with van der Waals surface area (Å²) >= 11 is 0. The molecule has 0 atom stereocenters. The Bertz CT molecular complexity index is 960. The highest BCUT2D eigenvalue weighted by Gasteiger charge is 2.30. The summed E-state index contributed by atoms with van der Waals surface area (Å²) in [6, 6.07) is 11.4. The van der Waals surface area contributed by atoms with E-state index in [1.54, 1.807) is 43.3 Å². The summed E-state index contributed by atoms with van der Waals surface area (Å²) in [5.74, 6) is 0.373. The van der Waals surface area contributed by atoms with Crippen molar-refractivity contribution in [3.8, 4) is 11.5 Å². The van der Waals surface area contributed by atoms with Gasteiger partial charge in [-0.05, 0) is 62.2 Å². The summed E-state index contributed by atoms with van der Waals surface area (Å²) in [6.45, 7) is 4.84. The van der Waals surface area contributed by atoms with Crippen molar-refractivity contribution in [3.63, 3.8) is 0 Å². The molecule has 0 aliphatic heterocycles. The van der Waals surface area contributed by atoms with Gasteiger partial charge in [0.15, 0.2) is 0 Å². The van der Waals surface area contributed by atoms with Crippen LogP contribution in [0.4, 0.5) is 5.69 Å². The number of nitrogens with one attached hydrogen (secondary N) is 1. The first-order chi connectivity index (χ1) is 14.8. The van der Waals surface area contributed by atoms with Crippen LogP contribution in [-0.2, 0) is 19.6 Å². The molecule has 1 amide bonds. The van der Waals surface area contributed by atoms with Crippen LogP contribution in [-0.4, -0.2) is 54.8 Å². The van der Waals surface area contributed by atoms with Crippen LogP contribution in [0.3, 0.4) is 0 Å². The highest BCUT2D eigenvalue weighted by molar-refractivity contribution is 7.93. The van der Waals surface area contributed by atoms with Crippen molar-refractivity contribution >= 4 is 21.6 Å². The lowest BCUT2D eigenvalue weighted by Gasteiger charge is -2.25. The van der Waals surface area contributed by atoms with Gasteiger partial charge in [-0.3, -0.25) is 9.10 Å². The van der Waals surface area contributed by atoms with E-state index in [0.29, 0.717) is 37.6 Å². The number of anilines is 1. The number of aryl methyl sites for hydroxylation is 1. The van der Waals surface area contributed by atoms with E-state index in [0.717, 1.165) is 9.87 Å². The van der Waals surface area contributed by atoms with Gasteiger partial charge in [-0.15, -0.1) is 0 Å². The van der Waals surface area contributed by atoms with Gasteiger partial charge < -0.3 is 19.5 Å². The molecule has 0 aliphatic rings. The van der Waals surface area contributed by atoms with Crippen LogP contribution in [0, 0.1) is 6.92 Å². The molecule has 0 spiro atoms. The van der Waals surface area contributed by atoms with E-state index in [9.17, 15) is 13.2 Å². The number of amides is 1. The molecule has 0 saturated heterocycles. The molecule has 2 aromatic carbocycles. The fraction of sp³-hybridized carbons (Fsp3) is 0.409. The Morgan fingerprint density at radius 1 is 1.06 bits per heavy atom. The lowest BCUT2D eigenvalue weighted by atomic mass is 10.2. The van der Waals surface area contributed by atoms with Crippen molar-refractivity contribution in [2.75, 3.05) is 44.8 Å². The van der Waals surface area contributed by atoms with Crippen LogP contribution in [0.5, 0.6) is 11.5 Å². The van der Waals surface area contributed by atoms with Crippen molar-refractivity contribution in [1.29, 1.82) is 0 Å². The van der Waals surface area contributed by atoms with Gasteiger partial charge in [0.1, 0.15) is 22.9 Å². The first kappa shape index (κ1) is 24.5. The lowest BCUT2D eigenvalue weighted by Crippen LogP contribution is -2.41. The maximum atomic E-state index is 13.6. The SMILES string of the molecule is CCOCCCNC(=O)CN(c1ccc(OC)cc1)S(=O)(=O)c1cc(C)ccc1OC. The number of benzene rings is 2. The summed E-state index contributed by atoms with van der Waals surface area (Å²) in [5, 5.41) is 2.75. The topological polar surface area (TPSA) is 94.2 Å². The van der Waals surface area contributed by atoms with Crippen LogP contribution < -0.4 is 19.1 Å². The highest BCUT2D eigenvalue weighted by Crippen LogP contribution is 2.31. The minimum Gasteiger partial charge on any atom is -0.497 e. The van der Waals surface area contributed by atoms with E-state index in [1.807, 2.05) is 6.92 Å². The Morgan fingerprint density at radius 2 is 1.77 bits per heavy atom. The summed E-state index contributed by atoms with van der Waals surface area (Å²) in [4.78, 5) is 12.6. The maximum absolute atomic E-state index is 13.6. The molecule has 0 aliphatic carbocycles. The Morgan fingerprint density at radius 3 is 2.39 bits per heavy atom. The monoisotopic (exact) mass is 450 g/mol. The van der Waals surface area contributed by atoms with E-state index in [-0.39, 0.29) is 17.2 Å². The first-order valence-electron chi connectivity index (χ1n) is 9.99. The maximum Gasteiger partial charge on any atom is 0.268 e. The molecule has 0 fully saturated rings. The van der Waals surface area contributed by atoms with Crippen molar-refractivity contribution in [3.05, 3.63) is 48.0 Å². The molecule has 9 heteroatoms. The van der Waals surface area contributed by atoms with Gasteiger partial charge in [0.05, 0.1) is 19.9 Å². The molecule has 0 unspecified atom stereocenters. The van der Waals surface area contributed by atoms with Crippen molar-refractivity contribution in [1.82, 2.24) is 5.32 Å². The van der Waals surface area contributed by atoms with Crippen LogP contribution in [0.1, 0.15) is 18.9 Å². The van der Waals surface area contributed by atoms with Crippen LogP contribution in [0.25, 0.3) is 0 Å². The van der Waals surface area contributed by atoms with Gasteiger partial charge in [0.2, 0.25) is 5.91 Å². The molecule has 8 nitrogen and oxygen atoms in total. The second kappa shape index (κ2) is 11.6. The van der Waals surface area contributed by atoms with Crippen LogP contribution >= 0.6 is 0 Å². The van der Waals surface area contributed by atoms with E-state index in [1.165, 1.54) is 20.3 Å². The minimum atomic E-state index is -4.09. The molecule has 170 valence electrons. The second-order valence-corrected chi connectivity index (χ2v) is 8.60. The normalized spacial score (nSPS) is 11.1. The molecular formula is C22H30N2O6S. The summed E-state index contributed by atoms with van der Waals surface area (Å²) in [7, 11) is -1.16. The van der Waals surface area contributed by atoms with Gasteiger partial charge in [-0.2, -0.15) is 0 Å². The van der Waals surface area contributed by atoms with Crippen molar-refractivity contribution < 1.29 is 27.4 Å². The van der Waals surface area contributed by atoms with E-state index in [2.05, 4.69) is 5.32 Å². The zero-order chi connectivity index (χ0) is 22.9. The highest BCUT2D eigenvalue weighted by atomic mass is 32.2. The number of hydrogen-bond donors (Lipinski definition) is 1. The van der Waals surface area contributed by atoms with Crippen molar-refractivity contribution in [2.45, 2.75) is 25.2 Å². The average molecular weight is 451 g/mol. The quantitative estimate of drug-likeness (QED) is 0.500. The Kier molecular flexibility index (Phi) is 9.14. The third-order valence-corrected chi connectivity index (χ3v) is 6.32. The summed E-state index contributed by atoms with van der Waals surface area (Å²) < 4.78 is 43.9. The summed E-state index contributed by atoms with van der Waals surface area (Å²) in [6.07, 6.45) is 0.639. The number of carbonyl (C=O) groups is 1. The third kappa shape index (κ3) is 6.60. The molecule has 2 aromatic rings. The molecule has 0 bridgehead atoms. The van der Waals surface area contributed by atoms with Gasteiger partial charge in [0.25, 0.3) is 10.0 Å². The minimum absolute atomic E-state index is 0.00466. The number of hydrogen-bond acceptors (Lipinski definition) is 6.